The van der Waals surface area contributed by atoms with E-state index in [9.17, 15) is 4.79 Å². The van der Waals surface area contributed by atoms with Crippen LogP contribution in [0.2, 0.25) is 0 Å². The quantitative estimate of drug-likeness (QED) is 0.652. The van der Waals surface area contributed by atoms with Crippen LogP contribution in [-0.4, -0.2) is 48.9 Å². The number of likely N-dealkylation sites (tertiary alicyclic amines) is 1. The molecule has 2 saturated carbocycles. The van der Waals surface area contributed by atoms with Crippen LogP contribution in [0.4, 0.5) is 10.5 Å². The Hall–Kier alpha value is -2.40. The van der Waals surface area contributed by atoms with Crippen molar-refractivity contribution in [3.8, 4) is 0 Å². The smallest absolute Gasteiger partial charge is 0.317 e. The van der Waals surface area contributed by atoms with E-state index in [1.807, 2.05) is 4.90 Å². The number of methoxy groups -OCH3 is 1. The second-order valence-corrected chi connectivity index (χ2v) is 10.4. The number of amides is 2. The number of rotatable bonds is 4. The minimum Gasteiger partial charge on any atom is -0.381 e. The SMILES string of the molecule is [2H]C([2H])([2H])OC1CCC(NC(=O)N2CCC(C3C=CC=C4C3=Nc3cccc(C5CC5)c34)CC2)CC1. The summed E-state index contributed by atoms with van der Waals surface area (Å²) >= 11 is 0. The molecule has 1 N–H and O–H groups in total. The number of nitrogens with zero attached hydrogens (tertiary/aromatic N) is 2. The number of nitrogens with one attached hydrogen (secondary N) is 1. The van der Waals surface area contributed by atoms with E-state index in [0.29, 0.717) is 30.6 Å². The molecule has 0 bridgehead atoms. The Balaban J connectivity index is 1.03. The van der Waals surface area contributed by atoms with Crippen molar-refractivity contribution in [3.05, 3.63) is 47.6 Å². The average Bonchev–Trinajstić information content (AvgIpc) is 3.63. The Morgan fingerprint density at radius 2 is 1.94 bits per heavy atom. The number of carbonyl (C=O) groups excluding carboxylic acids is 1. The van der Waals surface area contributed by atoms with Gasteiger partial charge in [0.05, 0.1) is 21.6 Å². The van der Waals surface area contributed by atoms with Crippen LogP contribution in [0.3, 0.4) is 0 Å². The second-order valence-electron chi connectivity index (χ2n) is 10.4. The first kappa shape index (κ1) is 18.0. The Morgan fingerprint density at radius 3 is 2.70 bits per heavy atom. The fourth-order valence-corrected chi connectivity index (χ4v) is 6.22. The molecule has 1 unspecified atom stereocenters. The van der Waals surface area contributed by atoms with Crippen molar-refractivity contribution in [2.24, 2.45) is 16.8 Å². The number of benzene rings is 1. The fraction of sp³-hybridized carbons (Fsp3) is 0.571. The largest absolute Gasteiger partial charge is 0.381 e. The van der Waals surface area contributed by atoms with Crippen molar-refractivity contribution in [1.82, 2.24) is 10.2 Å². The zero-order valence-corrected chi connectivity index (χ0v) is 19.1. The highest BCUT2D eigenvalue weighted by atomic mass is 16.5. The summed E-state index contributed by atoms with van der Waals surface area (Å²) in [4.78, 5) is 20.0. The zero-order chi connectivity index (χ0) is 24.9. The third-order valence-corrected chi connectivity index (χ3v) is 8.28. The van der Waals surface area contributed by atoms with Gasteiger partial charge in [0.15, 0.2) is 0 Å². The summed E-state index contributed by atoms with van der Waals surface area (Å²) in [7, 11) is -2.35. The number of allylic oxidation sites excluding steroid dienone is 4. The standard InChI is InChI=1S/C28H35N3O2/c1-33-21-12-10-20(11-13-21)29-28(32)31-16-14-19(15-17-31)23-5-2-6-24-26-22(18-8-9-18)4-3-7-25(26)30-27(23)24/h2-7,18-21,23H,8-17H2,1H3,(H,29,32)/i1D3. The lowest BCUT2D eigenvalue weighted by molar-refractivity contribution is 0.0623. The molecular weight excluding hydrogens is 410 g/mol. The van der Waals surface area contributed by atoms with E-state index in [-0.39, 0.29) is 18.2 Å². The van der Waals surface area contributed by atoms with Gasteiger partial charge in [-0.3, -0.25) is 4.99 Å². The van der Waals surface area contributed by atoms with Gasteiger partial charge >= 0.3 is 6.03 Å². The average molecular weight is 449 g/mol. The maximum Gasteiger partial charge on any atom is 0.317 e. The number of hydrogen-bond donors (Lipinski definition) is 1. The number of hydrogen-bond acceptors (Lipinski definition) is 3. The molecule has 3 aliphatic carbocycles. The van der Waals surface area contributed by atoms with E-state index in [1.54, 1.807) is 0 Å². The summed E-state index contributed by atoms with van der Waals surface area (Å²) in [5.41, 5.74) is 6.50. The van der Waals surface area contributed by atoms with Crippen LogP contribution in [0.5, 0.6) is 0 Å². The van der Waals surface area contributed by atoms with Gasteiger partial charge in [0.1, 0.15) is 0 Å². The van der Waals surface area contributed by atoms with E-state index in [2.05, 4.69) is 41.7 Å². The number of urea groups is 1. The molecule has 5 nitrogen and oxygen atoms in total. The molecule has 0 aromatic heterocycles. The fourth-order valence-electron chi connectivity index (χ4n) is 6.22. The van der Waals surface area contributed by atoms with Gasteiger partial charge in [-0.05, 0) is 74.8 Å². The Bertz CT molecular complexity index is 1110. The Labute approximate surface area is 201 Å². The molecule has 0 radical (unpaired) electrons. The molecule has 5 heteroatoms. The monoisotopic (exact) mass is 448 g/mol. The van der Waals surface area contributed by atoms with Crippen LogP contribution in [0.15, 0.2) is 41.4 Å². The Kier molecular flexibility index (Phi) is 4.77. The zero-order valence-electron chi connectivity index (χ0n) is 22.1. The highest BCUT2D eigenvalue weighted by Gasteiger charge is 2.38. The molecule has 2 amide bonds. The van der Waals surface area contributed by atoms with Crippen molar-refractivity contribution in [1.29, 1.82) is 0 Å². The van der Waals surface area contributed by atoms with Crippen molar-refractivity contribution >= 4 is 23.0 Å². The van der Waals surface area contributed by atoms with Crippen molar-refractivity contribution in [3.63, 3.8) is 0 Å². The molecule has 1 saturated heterocycles. The third kappa shape index (κ3) is 4.05. The van der Waals surface area contributed by atoms with Crippen LogP contribution < -0.4 is 5.32 Å². The van der Waals surface area contributed by atoms with Gasteiger partial charge in [0.25, 0.3) is 0 Å². The number of fused-ring (bicyclic) bond motifs is 3. The number of piperidine rings is 1. The van der Waals surface area contributed by atoms with Gasteiger partial charge < -0.3 is 15.0 Å². The minimum atomic E-state index is -2.35. The normalized spacial score (nSPS) is 31.0. The van der Waals surface area contributed by atoms with Crippen LogP contribution in [-0.2, 0) is 4.74 Å². The van der Waals surface area contributed by atoms with E-state index in [4.69, 9.17) is 13.8 Å². The molecular formula is C28H35N3O2. The van der Waals surface area contributed by atoms with E-state index in [1.165, 1.54) is 35.3 Å². The number of ether oxygens (including phenoxy) is 1. The first-order valence-electron chi connectivity index (χ1n) is 14.2. The van der Waals surface area contributed by atoms with Crippen LogP contribution in [0.25, 0.3) is 5.57 Å². The lowest BCUT2D eigenvalue weighted by Gasteiger charge is -2.37. The van der Waals surface area contributed by atoms with Crippen molar-refractivity contribution in [2.75, 3.05) is 20.1 Å². The molecule has 33 heavy (non-hydrogen) atoms. The third-order valence-electron chi connectivity index (χ3n) is 8.28. The number of carbonyl (C=O) groups is 1. The summed E-state index contributed by atoms with van der Waals surface area (Å²) in [5.74, 6) is 1.49. The van der Waals surface area contributed by atoms with Crippen LogP contribution >= 0.6 is 0 Å². The lowest BCUT2D eigenvalue weighted by atomic mass is 9.76. The second kappa shape index (κ2) is 8.75. The predicted molar refractivity (Wildman–Crippen MR) is 132 cm³/mol. The predicted octanol–water partition coefficient (Wildman–Crippen LogP) is 5.60. The molecule has 1 atom stereocenters. The van der Waals surface area contributed by atoms with E-state index in [0.717, 1.165) is 44.5 Å². The van der Waals surface area contributed by atoms with Crippen LogP contribution in [0.1, 0.15) is 72.5 Å². The van der Waals surface area contributed by atoms with E-state index < -0.39 is 7.04 Å². The molecule has 1 aromatic carbocycles. The molecule has 0 spiro atoms. The number of aliphatic imine (C=N–C) groups is 1. The summed E-state index contributed by atoms with van der Waals surface area (Å²) < 4.78 is 27.0. The first-order chi connectivity index (χ1) is 17.4. The maximum absolute atomic E-state index is 12.9. The van der Waals surface area contributed by atoms with Gasteiger partial charge in [-0.15, -0.1) is 0 Å². The molecule has 3 fully saturated rings. The van der Waals surface area contributed by atoms with Gasteiger partial charge in [-0.25, -0.2) is 4.79 Å². The van der Waals surface area contributed by atoms with Gasteiger partial charge in [0.2, 0.25) is 0 Å². The van der Waals surface area contributed by atoms with Gasteiger partial charge in [-0.1, -0.05) is 30.4 Å². The Morgan fingerprint density at radius 1 is 1.12 bits per heavy atom. The minimum absolute atomic E-state index is 0.00750. The first-order valence-corrected chi connectivity index (χ1v) is 12.7. The topological polar surface area (TPSA) is 53.9 Å². The summed E-state index contributed by atoms with van der Waals surface area (Å²) in [6.45, 7) is 1.51. The summed E-state index contributed by atoms with van der Waals surface area (Å²) in [6.07, 6.45) is 13.9. The molecule has 6 rings (SSSR count). The van der Waals surface area contributed by atoms with Crippen LogP contribution in [0, 0.1) is 11.8 Å². The highest BCUT2D eigenvalue weighted by Crippen LogP contribution is 2.50. The van der Waals surface area contributed by atoms with E-state index >= 15 is 0 Å². The highest BCUT2D eigenvalue weighted by molar-refractivity contribution is 6.31. The maximum atomic E-state index is 12.9. The van der Waals surface area contributed by atoms with Gasteiger partial charge in [0, 0.05) is 43.2 Å². The van der Waals surface area contributed by atoms with Crippen molar-refractivity contribution < 1.29 is 13.6 Å². The molecule has 2 heterocycles. The summed E-state index contributed by atoms with van der Waals surface area (Å²) in [6, 6.07) is 6.69. The lowest BCUT2D eigenvalue weighted by Crippen LogP contribution is -2.49. The molecule has 174 valence electrons. The van der Waals surface area contributed by atoms with Crippen molar-refractivity contribution in [2.45, 2.75) is 69.4 Å². The molecule has 2 aliphatic heterocycles. The van der Waals surface area contributed by atoms with Gasteiger partial charge in [-0.2, -0.15) is 0 Å². The molecule has 1 aromatic rings. The molecule has 5 aliphatic rings. The summed E-state index contributed by atoms with van der Waals surface area (Å²) in [5, 5.41) is 3.18.